The summed E-state index contributed by atoms with van der Waals surface area (Å²) in [6.07, 6.45) is 2.75. The molecule has 82 valence electrons. The lowest BCUT2D eigenvalue weighted by atomic mass is 10.3. The minimum absolute atomic E-state index is 0.179. The Morgan fingerprint density at radius 2 is 2.50 bits per heavy atom. The van der Waals surface area contributed by atoms with Crippen molar-refractivity contribution in [3.8, 4) is 0 Å². The van der Waals surface area contributed by atoms with Gasteiger partial charge in [0.1, 0.15) is 6.20 Å². The van der Waals surface area contributed by atoms with Gasteiger partial charge in [0.05, 0.1) is 11.1 Å². The number of nitrogens with one attached hydrogen (secondary N) is 1. The number of hydrogen-bond donors (Lipinski definition) is 1. The number of nitrogens with zero attached hydrogens (tertiary/aromatic N) is 3. The van der Waals surface area contributed by atoms with Crippen molar-refractivity contribution in [2.45, 2.75) is 6.92 Å². The van der Waals surface area contributed by atoms with Crippen molar-refractivity contribution in [3.05, 3.63) is 43.2 Å². The Labute approximate surface area is 100 Å². The third-order valence-electron chi connectivity index (χ3n) is 1.93. The molecule has 0 fully saturated rings. The molecule has 1 N–H and O–H groups in total. The van der Waals surface area contributed by atoms with Gasteiger partial charge in [0.2, 0.25) is 4.77 Å². The van der Waals surface area contributed by atoms with Crippen LogP contribution in [0.2, 0.25) is 0 Å². The van der Waals surface area contributed by atoms with Gasteiger partial charge < -0.3 is 0 Å². The van der Waals surface area contributed by atoms with E-state index in [4.69, 9.17) is 12.2 Å². The molecule has 0 aliphatic carbocycles. The fourth-order valence-electron chi connectivity index (χ4n) is 1.08. The highest BCUT2D eigenvalue weighted by Crippen LogP contribution is 2.12. The van der Waals surface area contributed by atoms with Crippen molar-refractivity contribution in [1.82, 2.24) is 14.9 Å². The molecule has 0 atom stereocenters. The van der Waals surface area contributed by atoms with Gasteiger partial charge in [0.25, 0.3) is 5.56 Å². The molecule has 2 rings (SSSR count). The first-order valence-electron chi connectivity index (χ1n) is 4.43. The average molecular weight is 252 g/mol. The first-order chi connectivity index (χ1) is 7.68. The van der Waals surface area contributed by atoms with E-state index in [1.165, 1.54) is 0 Å². The van der Waals surface area contributed by atoms with Crippen LogP contribution in [0.15, 0.2) is 27.5 Å². The summed E-state index contributed by atoms with van der Waals surface area (Å²) in [5.74, 6) is 0. The summed E-state index contributed by atoms with van der Waals surface area (Å²) >= 11 is 6.46. The van der Waals surface area contributed by atoms with Gasteiger partial charge in [-0.1, -0.05) is 0 Å². The topological polar surface area (TPSA) is 63.0 Å². The number of aryl methyl sites for hydroxylation is 1. The van der Waals surface area contributed by atoms with E-state index in [2.05, 4.69) is 15.3 Å². The largest absolute Gasteiger partial charge is 0.293 e. The molecular formula is C9H8N4OS2. The maximum Gasteiger partial charge on any atom is 0.293 e. The lowest BCUT2D eigenvalue weighted by Gasteiger charge is -1.95. The SMILES string of the molecule is Cc1ccsc1/C=N\n1c(=O)cn[nH]c1=S. The maximum absolute atomic E-state index is 11.4. The van der Waals surface area contributed by atoms with E-state index in [1.807, 2.05) is 18.4 Å². The zero-order valence-electron chi connectivity index (χ0n) is 8.38. The number of hydrogen-bond acceptors (Lipinski definition) is 5. The Hall–Kier alpha value is -1.60. The van der Waals surface area contributed by atoms with Gasteiger partial charge >= 0.3 is 0 Å². The number of H-pyrrole nitrogens is 1. The van der Waals surface area contributed by atoms with E-state index >= 15 is 0 Å². The summed E-state index contributed by atoms with van der Waals surface area (Å²) in [5, 5.41) is 12.1. The lowest BCUT2D eigenvalue weighted by molar-refractivity contribution is 0.738. The molecule has 0 aromatic carbocycles. The minimum Gasteiger partial charge on any atom is -0.265 e. The molecule has 0 saturated heterocycles. The predicted octanol–water partition coefficient (Wildman–Crippen LogP) is 1.55. The maximum atomic E-state index is 11.4. The molecule has 0 unspecified atom stereocenters. The van der Waals surface area contributed by atoms with Crippen LogP contribution < -0.4 is 5.56 Å². The van der Waals surface area contributed by atoms with Gasteiger partial charge in [-0.25, -0.2) is 0 Å². The number of rotatable bonds is 2. The second-order valence-corrected chi connectivity index (χ2v) is 4.37. The summed E-state index contributed by atoms with van der Waals surface area (Å²) in [5.41, 5.74) is 0.764. The Bertz CT molecular complexity index is 609. The van der Waals surface area contributed by atoms with E-state index in [0.717, 1.165) is 21.3 Å². The van der Waals surface area contributed by atoms with Crippen LogP contribution in [0.1, 0.15) is 10.4 Å². The molecule has 0 bridgehead atoms. The van der Waals surface area contributed by atoms with Crippen molar-refractivity contribution >= 4 is 29.8 Å². The van der Waals surface area contributed by atoms with E-state index in [-0.39, 0.29) is 10.3 Å². The quantitative estimate of drug-likeness (QED) is 0.651. The fraction of sp³-hybridized carbons (Fsp3) is 0.111. The van der Waals surface area contributed by atoms with Crippen LogP contribution >= 0.6 is 23.6 Å². The van der Waals surface area contributed by atoms with Crippen LogP contribution in [-0.2, 0) is 0 Å². The minimum atomic E-state index is -0.353. The molecule has 2 heterocycles. The van der Waals surface area contributed by atoms with Crippen LogP contribution in [0, 0.1) is 11.7 Å². The number of aromatic amines is 1. The summed E-state index contributed by atoms with van der Waals surface area (Å²) in [4.78, 5) is 12.4. The standard InChI is InChI=1S/C9H8N4OS2/c1-6-2-3-16-7(6)4-11-13-8(14)5-10-12-9(13)15/h2-5H,1H3,(H,12,15)/b11-4-. The molecule has 16 heavy (non-hydrogen) atoms. The van der Waals surface area contributed by atoms with Gasteiger partial charge in [0, 0.05) is 0 Å². The average Bonchev–Trinajstić information content (AvgIpc) is 2.64. The zero-order chi connectivity index (χ0) is 11.5. The van der Waals surface area contributed by atoms with Crippen LogP contribution in [0.4, 0.5) is 0 Å². The van der Waals surface area contributed by atoms with Crippen molar-refractivity contribution in [2.75, 3.05) is 0 Å². The van der Waals surface area contributed by atoms with Gasteiger partial charge in [-0.3, -0.25) is 9.89 Å². The first kappa shape index (κ1) is 10.9. The summed E-state index contributed by atoms with van der Waals surface area (Å²) < 4.78 is 1.28. The first-order valence-corrected chi connectivity index (χ1v) is 5.72. The Kier molecular flexibility index (Phi) is 3.07. The Morgan fingerprint density at radius 1 is 1.69 bits per heavy atom. The number of aromatic nitrogens is 3. The Morgan fingerprint density at radius 3 is 3.12 bits per heavy atom. The van der Waals surface area contributed by atoms with E-state index in [0.29, 0.717) is 0 Å². The normalized spacial score (nSPS) is 11.1. The van der Waals surface area contributed by atoms with Crippen LogP contribution in [0.25, 0.3) is 0 Å². The highest BCUT2D eigenvalue weighted by atomic mass is 32.1. The smallest absolute Gasteiger partial charge is 0.265 e. The van der Waals surface area contributed by atoms with Crippen molar-refractivity contribution in [2.24, 2.45) is 5.10 Å². The van der Waals surface area contributed by atoms with Crippen molar-refractivity contribution < 1.29 is 0 Å². The molecule has 2 aromatic rings. The summed E-state index contributed by atoms with van der Waals surface area (Å²) in [6, 6.07) is 1.99. The molecular weight excluding hydrogens is 244 g/mol. The highest BCUT2D eigenvalue weighted by molar-refractivity contribution is 7.71. The second kappa shape index (κ2) is 4.50. The fourth-order valence-corrected chi connectivity index (χ4v) is 2.05. The second-order valence-electron chi connectivity index (χ2n) is 3.04. The third kappa shape index (κ3) is 2.15. The van der Waals surface area contributed by atoms with E-state index in [1.54, 1.807) is 17.6 Å². The molecule has 0 saturated carbocycles. The van der Waals surface area contributed by atoms with Gasteiger partial charge in [-0.15, -0.1) is 11.3 Å². The highest BCUT2D eigenvalue weighted by Gasteiger charge is 1.97. The molecule has 2 aromatic heterocycles. The third-order valence-corrected chi connectivity index (χ3v) is 3.15. The zero-order valence-corrected chi connectivity index (χ0v) is 10.0. The summed E-state index contributed by atoms with van der Waals surface area (Å²) in [7, 11) is 0. The van der Waals surface area contributed by atoms with Gasteiger partial charge in [0.15, 0.2) is 0 Å². The Balaban J connectivity index is 2.42. The summed E-state index contributed by atoms with van der Waals surface area (Å²) in [6.45, 7) is 1.98. The molecule has 0 radical (unpaired) electrons. The monoisotopic (exact) mass is 252 g/mol. The van der Waals surface area contributed by atoms with E-state index < -0.39 is 0 Å². The van der Waals surface area contributed by atoms with Crippen molar-refractivity contribution in [3.63, 3.8) is 0 Å². The van der Waals surface area contributed by atoms with Crippen LogP contribution in [0.3, 0.4) is 0 Å². The predicted molar refractivity (Wildman–Crippen MR) is 65.7 cm³/mol. The molecule has 0 spiro atoms. The van der Waals surface area contributed by atoms with Crippen LogP contribution in [-0.4, -0.2) is 21.1 Å². The van der Waals surface area contributed by atoms with E-state index in [9.17, 15) is 4.79 Å². The van der Waals surface area contributed by atoms with Crippen LogP contribution in [0.5, 0.6) is 0 Å². The molecule has 5 nitrogen and oxygen atoms in total. The lowest BCUT2D eigenvalue weighted by Crippen LogP contribution is -2.18. The molecule has 0 aliphatic rings. The van der Waals surface area contributed by atoms with Crippen molar-refractivity contribution in [1.29, 1.82) is 0 Å². The molecule has 0 aliphatic heterocycles. The molecule has 0 amide bonds. The number of thiophene rings is 1. The van der Waals surface area contributed by atoms with Gasteiger partial charge in [-0.05, 0) is 36.2 Å². The molecule has 7 heteroatoms. The van der Waals surface area contributed by atoms with Gasteiger partial charge in [-0.2, -0.15) is 14.9 Å².